The van der Waals surface area contributed by atoms with E-state index >= 15 is 0 Å². The van der Waals surface area contributed by atoms with Crippen LogP contribution in [0, 0.1) is 0 Å². The van der Waals surface area contributed by atoms with E-state index in [1.165, 1.54) is 13.3 Å². The van der Waals surface area contributed by atoms with Gasteiger partial charge in [0, 0.05) is 24.8 Å². The summed E-state index contributed by atoms with van der Waals surface area (Å²) in [5.74, 6) is -1.02. The van der Waals surface area contributed by atoms with Crippen LogP contribution in [0.2, 0.25) is 0 Å². The van der Waals surface area contributed by atoms with Gasteiger partial charge in [-0.1, -0.05) is 0 Å². The highest BCUT2D eigenvalue weighted by molar-refractivity contribution is 6.02. The van der Waals surface area contributed by atoms with E-state index in [1.54, 1.807) is 4.57 Å². The van der Waals surface area contributed by atoms with Gasteiger partial charge in [-0.15, -0.1) is 0 Å². The first-order valence-electron chi connectivity index (χ1n) is 6.37. The molecule has 102 valence electrons. The molecule has 19 heavy (non-hydrogen) atoms. The molecule has 1 atom stereocenters. The number of rotatable bonds is 3. The third-order valence-corrected chi connectivity index (χ3v) is 3.81. The average molecular weight is 264 g/mol. The van der Waals surface area contributed by atoms with Crippen molar-refractivity contribution < 1.29 is 19.4 Å². The Morgan fingerprint density at radius 3 is 2.68 bits per heavy atom. The quantitative estimate of drug-likeness (QED) is 0.895. The monoisotopic (exact) mass is 264 g/mol. The third kappa shape index (κ3) is 1.70. The van der Waals surface area contributed by atoms with E-state index < -0.39 is 5.97 Å². The molecule has 1 saturated carbocycles. The van der Waals surface area contributed by atoms with Crippen LogP contribution in [0.3, 0.4) is 0 Å². The zero-order chi connectivity index (χ0) is 13.7. The molecule has 0 saturated heterocycles. The summed E-state index contributed by atoms with van der Waals surface area (Å²) in [6.45, 7) is 2.61. The van der Waals surface area contributed by atoms with Crippen LogP contribution in [-0.2, 0) is 0 Å². The maximum atomic E-state index is 12.5. The molecule has 1 aliphatic carbocycles. The van der Waals surface area contributed by atoms with Crippen LogP contribution in [0.25, 0.3) is 0 Å². The minimum atomic E-state index is -1.07. The van der Waals surface area contributed by atoms with Gasteiger partial charge in [-0.3, -0.25) is 4.79 Å². The number of fused-ring (bicyclic) bond motifs is 1. The summed E-state index contributed by atoms with van der Waals surface area (Å²) in [5, 5.41) is 9.19. The van der Waals surface area contributed by atoms with Crippen LogP contribution in [0.5, 0.6) is 5.75 Å². The molecule has 2 aliphatic rings. The van der Waals surface area contributed by atoms with Crippen molar-refractivity contribution in [2.24, 2.45) is 0 Å². The number of aromatic carboxylic acids is 1. The van der Waals surface area contributed by atoms with Crippen LogP contribution in [0.4, 0.5) is 0 Å². The lowest BCUT2D eigenvalue weighted by Gasteiger charge is -2.33. The number of nitrogens with zero attached hydrogens (tertiary/aromatic N) is 2. The minimum Gasteiger partial charge on any atom is -0.493 e. The molecule has 1 aromatic rings. The lowest BCUT2D eigenvalue weighted by Crippen LogP contribution is -2.43. The number of carboxylic acid groups (broad SMARTS) is 1. The summed E-state index contributed by atoms with van der Waals surface area (Å²) < 4.78 is 6.89. The lowest BCUT2D eigenvalue weighted by molar-refractivity contribution is 0.0656. The van der Waals surface area contributed by atoms with Crippen LogP contribution in [-0.4, -0.2) is 46.1 Å². The summed E-state index contributed by atoms with van der Waals surface area (Å²) >= 11 is 0. The Labute approximate surface area is 110 Å². The lowest BCUT2D eigenvalue weighted by atomic mass is 10.2. The summed E-state index contributed by atoms with van der Waals surface area (Å²) in [6, 6.07) is 0.381. The smallest absolute Gasteiger partial charge is 0.341 e. The Morgan fingerprint density at radius 2 is 2.16 bits per heavy atom. The molecule has 1 aliphatic heterocycles. The molecule has 2 heterocycles. The standard InChI is InChI=1S/C13H16N2O4/c1-7-5-15(8-3-4-8)12(16)10-11(19-2)9(13(17)18)6-14(7)10/h6-8H,3-5H2,1-2H3,(H,17,18). The predicted octanol–water partition coefficient (Wildman–Crippen LogP) is 1.37. The Bertz CT molecular complexity index is 559. The number of aromatic nitrogens is 1. The number of hydrogen-bond donors (Lipinski definition) is 1. The molecule has 0 radical (unpaired) electrons. The number of amides is 1. The normalized spacial score (nSPS) is 22.3. The van der Waals surface area contributed by atoms with Crippen molar-refractivity contribution in [3.63, 3.8) is 0 Å². The largest absolute Gasteiger partial charge is 0.493 e. The molecule has 0 bridgehead atoms. The van der Waals surface area contributed by atoms with Gasteiger partial charge in [0.05, 0.1) is 7.11 Å². The van der Waals surface area contributed by atoms with E-state index in [-0.39, 0.29) is 23.3 Å². The Kier molecular flexibility index (Phi) is 2.55. The van der Waals surface area contributed by atoms with E-state index in [2.05, 4.69) is 0 Å². The van der Waals surface area contributed by atoms with Crippen LogP contribution < -0.4 is 4.74 Å². The van der Waals surface area contributed by atoms with E-state index in [1.807, 2.05) is 11.8 Å². The molecule has 1 fully saturated rings. The molecule has 3 rings (SSSR count). The average Bonchev–Trinajstić information content (AvgIpc) is 3.12. The van der Waals surface area contributed by atoms with Crippen LogP contribution >= 0.6 is 0 Å². The number of carboxylic acids is 1. The van der Waals surface area contributed by atoms with Crippen molar-refractivity contribution >= 4 is 11.9 Å². The number of methoxy groups -OCH3 is 1. The predicted molar refractivity (Wildman–Crippen MR) is 66.7 cm³/mol. The fraction of sp³-hybridized carbons (Fsp3) is 0.538. The SMILES string of the molecule is COc1c(C(=O)O)cn2c1C(=O)N(C1CC1)CC2C. The first kappa shape index (κ1) is 12.1. The Morgan fingerprint density at radius 1 is 1.47 bits per heavy atom. The van der Waals surface area contributed by atoms with Gasteiger partial charge in [0.2, 0.25) is 0 Å². The van der Waals surface area contributed by atoms with E-state index in [4.69, 9.17) is 4.74 Å². The molecule has 1 aromatic heterocycles. The summed E-state index contributed by atoms with van der Waals surface area (Å²) in [5.41, 5.74) is 0.417. The minimum absolute atomic E-state index is 0.0512. The van der Waals surface area contributed by atoms with Crippen molar-refractivity contribution in [2.45, 2.75) is 31.8 Å². The summed E-state index contributed by atoms with van der Waals surface area (Å²) in [7, 11) is 1.40. The highest BCUT2D eigenvalue weighted by Gasteiger charge is 2.41. The van der Waals surface area contributed by atoms with Crippen molar-refractivity contribution in [2.75, 3.05) is 13.7 Å². The van der Waals surface area contributed by atoms with Crippen LogP contribution in [0.1, 0.15) is 46.7 Å². The van der Waals surface area contributed by atoms with Gasteiger partial charge in [-0.2, -0.15) is 0 Å². The van der Waals surface area contributed by atoms with Crippen molar-refractivity contribution in [3.05, 3.63) is 17.5 Å². The molecule has 1 N–H and O–H groups in total. The molecule has 0 spiro atoms. The van der Waals surface area contributed by atoms with E-state index in [9.17, 15) is 14.7 Å². The topological polar surface area (TPSA) is 71.8 Å². The molecule has 0 aromatic carbocycles. The first-order chi connectivity index (χ1) is 9.04. The fourth-order valence-electron chi connectivity index (χ4n) is 2.71. The second-order valence-electron chi connectivity index (χ2n) is 5.17. The van der Waals surface area contributed by atoms with Crippen molar-refractivity contribution in [1.82, 2.24) is 9.47 Å². The molecule has 1 unspecified atom stereocenters. The summed E-state index contributed by atoms with van der Waals surface area (Å²) in [4.78, 5) is 25.6. The van der Waals surface area contributed by atoms with E-state index in [0.29, 0.717) is 18.3 Å². The van der Waals surface area contributed by atoms with Crippen molar-refractivity contribution in [3.8, 4) is 5.75 Å². The van der Waals surface area contributed by atoms with E-state index in [0.717, 1.165) is 12.8 Å². The third-order valence-electron chi connectivity index (χ3n) is 3.81. The van der Waals surface area contributed by atoms with Gasteiger partial charge in [-0.05, 0) is 19.8 Å². The second-order valence-corrected chi connectivity index (χ2v) is 5.17. The zero-order valence-electron chi connectivity index (χ0n) is 10.9. The van der Waals surface area contributed by atoms with Crippen molar-refractivity contribution in [1.29, 1.82) is 0 Å². The van der Waals surface area contributed by atoms with Gasteiger partial charge >= 0.3 is 5.97 Å². The first-order valence-corrected chi connectivity index (χ1v) is 6.37. The Hall–Kier alpha value is -1.98. The van der Waals surface area contributed by atoms with Gasteiger partial charge < -0.3 is 19.3 Å². The second kappa shape index (κ2) is 4.01. The van der Waals surface area contributed by atoms with Gasteiger partial charge in [0.15, 0.2) is 11.4 Å². The fourth-order valence-corrected chi connectivity index (χ4v) is 2.71. The van der Waals surface area contributed by atoms with Gasteiger partial charge in [0.25, 0.3) is 5.91 Å². The maximum Gasteiger partial charge on any atom is 0.341 e. The van der Waals surface area contributed by atoms with Gasteiger partial charge in [0.1, 0.15) is 5.56 Å². The molecule has 1 amide bonds. The number of hydrogen-bond acceptors (Lipinski definition) is 3. The number of carbonyl (C=O) groups excluding carboxylic acids is 1. The highest BCUT2D eigenvalue weighted by atomic mass is 16.5. The number of carbonyl (C=O) groups is 2. The summed E-state index contributed by atoms with van der Waals surface area (Å²) in [6.07, 6.45) is 3.57. The van der Waals surface area contributed by atoms with Gasteiger partial charge in [-0.25, -0.2) is 4.79 Å². The maximum absolute atomic E-state index is 12.5. The molecule has 6 heteroatoms. The number of ether oxygens (including phenoxy) is 1. The van der Waals surface area contributed by atoms with Crippen LogP contribution in [0.15, 0.2) is 6.20 Å². The zero-order valence-corrected chi connectivity index (χ0v) is 10.9. The molecular formula is C13H16N2O4. The Balaban J connectivity index is 2.12. The molecular weight excluding hydrogens is 248 g/mol. The molecule has 6 nitrogen and oxygen atoms in total. The highest BCUT2D eigenvalue weighted by Crippen LogP contribution is 2.38.